The van der Waals surface area contributed by atoms with Gasteiger partial charge in [0.25, 0.3) is 0 Å². The minimum atomic E-state index is -3.67. The van der Waals surface area contributed by atoms with E-state index >= 15 is 0 Å². The van der Waals surface area contributed by atoms with Gasteiger partial charge in [-0.2, -0.15) is 0 Å². The van der Waals surface area contributed by atoms with Crippen molar-refractivity contribution < 1.29 is 16.8 Å². The molecule has 0 spiro atoms. The minimum Gasteiger partial charge on any atom is -0.224 e. The SMILES string of the molecule is CC(C)CS(=O)(=O)NCCc1ccc(S(N)(=O)=O)s1. The van der Waals surface area contributed by atoms with Gasteiger partial charge < -0.3 is 0 Å². The predicted molar refractivity (Wildman–Crippen MR) is 76.0 cm³/mol. The van der Waals surface area contributed by atoms with Crippen molar-refractivity contribution in [1.82, 2.24) is 4.72 Å². The van der Waals surface area contributed by atoms with Gasteiger partial charge in [-0.1, -0.05) is 13.8 Å². The van der Waals surface area contributed by atoms with Crippen LogP contribution in [0.2, 0.25) is 0 Å². The van der Waals surface area contributed by atoms with E-state index in [9.17, 15) is 16.8 Å². The molecule has 6 nitrogen and oxygen atoms in total. The molecule has 0 aliphatic carbocycles. The van der Waals surface area contributed by atoms with Crippen LogP contribution in [0, 0.1) is 5.92 Å². The lowest BCUT2D eigenvalue weighted by molar-refractivity contribution is 0.568. The fourth-order valence-electron chi connectivity index (χ4n) is 1.47. The van der Waals surface area contributed by atoms with E-state index in [1.54, 1.807) is 6.07 Å². The molecule has 3 N–H and O–H groups in total. The molecular formula is C10H18N2O4S3. The highest BCUT2D eigenvalue weighted by molar-refractivity contribution is 7.91. The zero-order valence-corrected chi connectivity index (χ0v) is 13.2. The highest BCUT2D eigenvalue weighted by Gasteiger charge is 2.14. The second-order valence-corrected chi connectivity index (χ2v) is 9.39. The van der Waals surface area contributed by atoms with Crippen LogP contribution in [0.3, 0.4) is 0 Å². The molecule has 0 bridgehead atoms. The summed E-state index contributed by atoms with van der Waals surface area (Å²) in [6.07, 6.45) is 0.442. The second-order valence-electron chi connectivity index (χ2n) is 4.59. The molecule has 0 radical (unpaired) electrons. The Morgan fingerprint density at radius 1 is 1.26 bits per heavy atom. The van der Waals surface area contributed by atoms with Crippen LogP contribution in [0.4, 0.5) is 0 Å². The molecule has 1 heterocycles. The normalized spacial score (nSPS) is 13.1. The average Bonchev–Trinajstić information content (AvgIpc) is 2.62. The third kappa shape index (κ3) is 6.00. The maximum atomic E-state index is 11.6. The zero-order valence-electron chi connectivity index (χ0n) is 10.8. The van der Waals surface area contributed by atoms with E-state index < -0.39 is 20.0 Å². The number of nitrogens with two attached hydrogens (primary N) is 1. The lowest BCUT2D eigenvalue weighted by atomic mass is 10.3. The van der Waals surface area contributed by atoms with Crippen LogP contribution in [0.5, 0.6) is 0 Å². The summed E-state index contributed by atoms with van der Waals surface area (Å²) < 4.78 is 47.9. The molecular weight excluding hydrogens is 308 g/mol. The molecule has 0 saturated carbocycles. The van der Waals surface area contributed by atoms with Gasteiger partial charge in [0.1, 0.15) is 4.21 Å². The average molecular weight is 326 g/mol. The van der Waals surface area contributed by atoms with Crippen molar-refractivity contribution in [2.75, 3.05) is 12.3 Å². The van der Waals surface area contributed by atoms with Crippen LogP contribution in [-0.4, -0.2) is 29.1 Å². The Labute approximate surface area is 118 Å². The first-order valence-corrected chi connectivity index (χ1v) is 9.70. The van der Waals surface area contributed by atoms with E-state index in [1.165, 1.54) is 6.07 Å². The van der Waals surface area contributed by atoms with Crippen LogP contribution in [-0.2, 0) is 26.5 Å². The predicted octanol–water partition coefficient (Wildman–Crippen LogP) is 0.513. The summed E-state index contributed by atoms with van der Waals surface area (Å²) in [4.78, 5) is 0.774. The first-order valence-electron chi connectivity index (χ1n) is 5.69. The molecule has 0 aromatic carbocycles. The van der Waals surface area contributed by atoms with Gasteiger partial charge in [-0.3, -0.25) is 0 Å². The van der Waals surface area contributed by atoms with Gasteiger partial charge in [0.15, 0.2) is 0 Å². The van der Waals surface area contributed by atoms with Crippen molar-refractivity contribution >= 4 is 31.4 Å². The fourth-order valence-corrected chi connectivity index (χ4v) is 4.66. The third-order valence-electron chi connectivity index (χ3n) is 2.16. The molecule has 0 aliphatic heterocycles. The van der Waals surface area contributed by atoms with Crippen molar-refractivity contribution in [3.05, 3.63) is 17.0 Å². The first kappa shape index (κ1) is 16.6. The quantitative estimate of drug-likeness (QED) is 0.761. The monoisotopic (exact) mass is 326 g/mol. The van der Waals surface area contributed by atoms with Crippen molar-refractivity contribution in [3.8, 4) is 0 Å². The summed E-state index contributed by atoms with van der Waals surface area (Å²) in [5.41, 5.74) is 0. The Morgan fingerprint density at radius 2 is 1.89 bits per heavy atom. The minimum absolute atomic E-state index is 0.0632. The van der Waals surface area contributed by atoms with E-state index in [1.807, 2.05) is 13.8 Å². The summed E-state index contributed by atoms with van der Waals surface area (Å²) in [6.45, 7) is 3.91. The number of rotatable bonds is 7. The molecule has 0 amide bonds. The number of primary sulfonamides is 1. The van der Waals surface area contributed by atoms with Crippen molar-refractivity contribution in [3.63, 3.8) is 0 Å². The molecule has 0 atom stereocenters. The maximum Gasteiger partial charge on any atom is 0.247 e. The molecule has 110 valence electrons. The maximum absolute atomic E-state index is 11.6. The van der Waals surface area contributed by atoms with Gasteiger partial charge in [-0.25, -0.2) is 26.7 Å². The number of nitrogens with one attached hydrogen (secondary N) is 1. The standard InChI is InChI=1S/C10H18N2O4S3/c1-8(2)7-18(13,14)12-6-5-9-3-4-10(17-9)19(11,15)16/h3-4,8,12H,5-7H2,1-2H3,(H2,11,15,16). The molecule has 1 aromatic heterocycles. The van der Waals surface area contributed by atoms with Gasteiger partial charge in [0.2, 0.25) is 20.0 Å². The highest BCUT2D eigenvalue weighted by Crippen LogP contribution is 2.20. The van der Waals surface area contributed by atoms with Gasteiger partial charge in [0.05, 0.1) is 5.75 Å². The Kier molecular flexibility index (Phi) is 5.51. The third-order valence-corrected chi connectivity index (χ3v) is 6.50. The largest absolute Gasteiger partial charge is 0.247 e. The Balaban J connectivity index is 2.53. The lowest BCUT2D eigenvalue weighted by Crippen LogP contribution is -2.30. The highest BCUT2D eigenvalue weighted by atomic mass is 32.2. The summed E-state index contributed by atoms with van der Waals surface area (Å²) in [6, 6.07) is 3.07. The molecule has 0 fully saturated rings. The first-order chi connectivity index (χ1) is 8.60. The second kappa shape index (κ2) is 6.31. The van der Waals surface area contributed by atoms with Crippen LogP contribution >= 0.6 is 11.3 Å². The van der Waals surface area contributed by atoms with E-state index in [0.717, 1.165) is 16.2 Å². The Morgan fingerprint density at radius 3 is 2.37 bits per heavy atom. The number of hydrogen-bond donors (Lipinski definition) is 2. The summed E-state index contributed by atoms with van der Waals surface area (Å²) in [5, 5.41) is 4.99. The van der Waals surface area contributed by atoms with Crippen LogP contribution in [0.15, 0.2) is 16.3 Å². The molecule has 0 aliphatic rings. The van der Waals surface area contributed by atoms with E-state index in [-0.39, 0.29) is 22.4 Å². The molecule has 19 heavy (non-hydrogen) atoms. The molecule has 0 unspecified atom stereocenters. The molecule has 0 saturated heterocycles. The smallest absolute Gasteiger partial charge is 0.224 e. The summed E-state index contributed by atoms with van der Waals surface area (Å²) >= 11 is 1.06. The van der Waals surface area contributed by atoms with E-state index in [2.05, 4.69) is 4.72 Å². The topological polar surface area (TPSA) is 106 Å². The molecule has 9 heteroatoms. The summed E-state index contributed by atoms with van der Waals surface area (Å²) in [7, 11) is -6.93. The van der Waals surface area contributed by atoms with Gasteiger partial charge in [-0.05, 0) is 24.5 Å². The van der Waals surface area contributed by atoms with Crippen molar-refractivity contribution in [1.29, 1.82) is 0 Å². The molecule has 1 aromatic rings. The zero-order chi connectivity index (χ0) is 14.7. The van der Waals surface area contributed by atoms with Crippen LogP contribution in [0.1, 0.15) is 18.7 Å². The van der Waals surface area contributed by atoms with Crippen LogP contribution in [0.25, 0.3) is 0 Å². The van der Waals surface area contributed by atoms with Crippen molar-refractivity contribution in [2.45, 2.75) is 24.5 Å². The van der Waals surface area contributed by atoms with Gasteiger partial charge in [0, 0.05) is 11.4 Å². The Hall–Kier alpha value is -0.480. The number of sulfonamides is 2. The van der Waals surface area contributed by atoms with Crippen LogP contribution < -0.4 is 9.86 Å². The van der Waals surface area contributed by atoms with Crippen molar-refractivity contribution in [2.24, 2.45) is 11.1 Å². The number of hydrogen-bond acceptors (Lipinski definition) is 5. The van der Waals surface area contributed by atoms with Gasteiger partial charge >= 0.3 is 0 Å². The Bertz CT molecular complexity index is 617. The van der Waals surface area contributed by atoms with Gasteiger partial charge in [-0.15, -0.1) is 11.3 Å². The number of thiophene rings is 1. The van der Waals surface area contributed by atoms with E-state index in [0.29, 0.717) is 6.42 Å². The lowest BCUT2D eigenvalue weighted by Gasteiger charge is -2.07. The fraction of sp³-hybridized carbons (Fsp3) is 0.600. The van der Waals surface area contributed by atoms with E-state index in [4.69, 9.17) is 5.14 Å². The summed E-state index contributed by atoms with van der Waals surface area (Å²) in [5.74, 6) is 0.146. The molecule has 1 rings (SSSR count).